The van der Waals surface area contributed by atoms with Crippen LogP contribution in [0.3, 0.4) is 0 Å². The van der Waals surface area contributed by atoms with Crippen LogP contribution in [0.5, 0.6) is 0 Å². The van der Waals surface area contributed by atoms with Crippen LogP contribution in [0.4, 0.5) is 0 Å². The molecule has 4 atom stereocenters. The summed E-state index contributed by atoms with van der Waals surface area (Å²) >= 11 is 0. The van der Waals surface area contributed by atoms with Crippen molar-refractivity contribution in [3.8, 4) is 0 Å². The van der Waals surface area contributed by atoms with Gasteiger partial charge in [-0.15, -0.1) is 0 Å². The lowest BCUT2D eigenvalue weighted by Crippen LogP contribution is -2.44. The molecule has 0 spiro atoms. The van der Waals surface area contributed by atoms with Crippen LogP contribution >= 0.6 is 0 Å². The molecule has 8 heteroatoms. The van der Waals surface area contributed by atoms with Crippen LogP contribution in [0.1, 0.15) is 27.7 Å². The summed E-state index contributed by atoms with van der Waals surface area (Å²) in [5.74, 6) is 0. The summed E-state index contributed by atoms with van der Waals surface area (Å²) in [6.45, 7) is 15.2. The Bertz CT molecular complexity index is 308. The third kappa shape index (κ3) is 16.6. The van der Waals surface area contributed by atoms with Gasteiger partial charge in [0.05, 0.1) is 24.4 Å². The Hall–Kier alpha value is -0.320. The largest absolute Gasteiger partial charge is 0.392 e. The van der Waals surface area contributed by atoms with Gasteiger partial charge in [-0.2, -0.15) is 0 Å². The van der Waals surface area contributed by atoms with Crippen LogP contribution < -0.4 is 0 Å². The predicted octanol–water partition coefficient (Wildman–Crippen LogP) is -1.02. The van der Waals surface area contributed by atoms with E-state index in [9.17, 15) is 20.4 Å². The smallest absolute Gasteiger partial charge is 0.0639 e. The lowest BCUT2D eigenvalue weighted by atomic mass is 10.2. The van der Waals surface area contributed by atoms with Crippen molar-refractivity contribution in [3.63, 3.8) is 0 Å². The number of hydrogen-bond donors (Lipinski definition) is 4. The molecule has 0 saturated carbocycles. The fraction of sp³-hybridized carbons (Fsp3) is 1.00. The minimum atomic E-state index is -0.448. The molecular weight excluding hydrogens is 360 g/mol. The zero-order valence-corrected chi connectivity index (χ0v) is 19.0. The topological polar surface area (TPSA) is 93.9 Å². The van der Waals surface area contributed by atoms with Crippen LogP contribution in [0.25, 0.3) is 0 Å². The molecule has 1 aliphatic rings. The van der Waals surface area contributed by atoms with Crippen molar-refractivity contribution in [2.24, 2.45) is 0 Å². The molecule has 8 nitrogen and oxygen atoms in total. The zero-order chi connectivity index (χ0) is 21.7. The highest BCUT2D eigenvalue weighted by Crippen LogP contribution is 2.00. The van der Waals surface area contributed by atoms with Crippen LogP contribution in [-0.2, 0) is 0 Å². The van der Waals surface area contributed by atoms with Gasteiger partial charge in [0, 0.05) is 65.4 Å². The van der Waals surface area contributed by atoms with E-state index in [-0.39, 0.29) is 0 Å². The van der Waals surface area contributed by atoms with Crippen LogP contribution in [-0.4, -0.2) is 144 Å². The molecule has 1 aliphatic heterocycles. The summed E-state index contributed by atoms with van der Waals surface area (Å²) in [5, 5.41) is 37.9. The summed E-state index contributed by atoms with van der Waals surface area (Å²) in [7, 11) is 4.35. The Balaban J connectivity index is 0.000000749. The normalized spacial score (nSPS) is 20.6. The molecule has 0 bridgehead atoms. The van der Waals surface area contributed by atoms with Gasteiger partial charge in [-0.3, -0.25) is 9.80 Å². The molecule has 0 radical (unpaired) electrons. The van der Waals surface area contributed by atoms with E-state index in [0.717, 1.165) is 0 Å². The van der Waals surface area contributed by atoms with E-state index in [0.29, 0.717) is 39.3 Å². The third-order valence-corrected chi connectivity index (χ3v) is 4.55. The van der Waals surface area contributed by atoms with E-state index in [1.165, 1.54) is 26.2 Å². The maximum Gasteiger partial charge on any atom is 0.0639 e. The van der Waals surface area contributed by atoms with E-state index in [1.807, 2.05) is 9.80 Å². The number of aliphatic hydroxyl groups is 4. The maximum atomic E-state index is 9.47. The Morgan fingerprint density at radius 2 is 0.786 bits per heavy atom. The van der Waals surface area contributed by atoms with Crippen molar-refractivity contribution < 1.29 is 20.4 Å². The van der Waals surface area contributed by atoms with E-state index < -0.39 is 24.4 Å². The average Bonchev–Trinajstić information content (AvgIpc) is 2.53. The lowest BCUT2D eigenvalue weighted by molar-refractivity contribution is 0.0542. The van der Waals surface area contributed by atoms with Gasteiger partial charge in [-0.1, -0.05) is 0 Å². The number of rotatable bonds is 11. The minimum absolute atomic E-state index is 0.448. The molecule has 1 heterocycles. The second-order valence-electron chi connectivity index (χ2n) is 8.52. The van der Waals surface area contributed by atoms with E-state index >= 15 is 0 Å². The van der Waals surface area contributed by atoms with Crippen molar-refractivity contribution in [3.05, 3.63) is 0 Å². The SMILES string of the molecule is CC(O)CN(CCN(CC(C)O)CC(C)O)CC(C)O.CN1CCN(C)CC1. The van der Waals surface area contributed by atoms with Crippen molar-refractivity contribution in [1.82, 2.24) is 19.6 Å². The van der Waals surface area contributed by atoms with Gasteiger partial charge in [0.15, 0.2) is 0 Å². The quantitative estimate of drug-likeness (QED) is 0.346. The van der Waals surface area contributed by atoms with Crippen molar-refractivity contribution in [2.75, 3.05) is 79.5 Å². The van der Waals surface area contributed by atoms with Gasteiger partial charge in [-0.25, -0.2) is 0 Å². The molecular formula is C20H46N4O4. The summed E-state index contributed by atoms with van der Waals surface area (Å²) in [6, 6.07) is 0. The van der Waals surface area contributed by atoms with Gasteiger partial charge in [0.1, 0.15) is 0 Å². The first-order chi connectivity index (χ1) is 13.0. The highest BCUT2D eigenvalue weighted by atomic mass is 16.3. The molecule has 4 unspecified atom stereocenters. The van der Waals surface area contributed by atoms with Crippen molar-refractivity contribution >= 4 is 0 Å². The summed E-state index contributed by atoms with van der Waals surface area (Å²) in [5.41, 5.74) is 0. The molecule has 1 fully saturated rings. The van der Waals surface area contributed by atoms with Gasteiger partial charge >= 0.3 is 0 Å². The van der Waals surface area contributed by atoms with E-state index in [4.69, 9.17) is 0 Å². The molecule has 0 amide bonds. The summed E-state index contributed by atoms with van der Waals surface area (Å²) in [4.78, 5) is 8.71. The number of aliphatic hydroxyl groups excluding tert-OH is 4. The Morgan fingerprint density at radius 3 is 0.964 bits per heavy atom. The van der Waals surface area contributed by atoms with Crippen LogP contribution in [0, 0.1) is 0 Å². The lowest BCUT2D eigenvalue weighted by Gasteiger charge is -2.30. The van der Waals surface area contributed by atoms with Gasteiger partial charge in [0.25, 0.3) is 0 Å². The fourth-order valence-electron chi connectivity index (χ4n) is 3.20. The Kier molecular flexibility index (Phi) is 15.3. The van der Waals surface area contributed by atoms with Gasteiger partial charge in [0.2, 0.25) is 0 Å². The second-order valence-corrected chi connectivity index (χ2v) is 8.52. The standard InChI is InChI=1S/C14H32N2O4.C6H14N2/c1-11(17)7-15(8-12(2)18)5-6-16(9-13(3)19)10-14(4)20;1-7-3-5-8(2)6-4-7/h11-14,17-20H,5-10H2,1-4H3;3-6H2,1-2H3. The van der Waals surface area contributed by atoms with Crippen molar-refractivity contribution in [2.45, 2.75) is 52.1 Å². The number of nitrogens with zero attached hydrogens (tertiary/aromatic N) is 4. The summed E-state index contributed by atoms with van der Waals surface area (Å²) in [6.07, 6.45) is -1.79. The zero-order valence-electron chi connectivity index (χ0n) is 19.0. The molecule has 170 valence electrons. The first kappa shape index (κ1) is 27.7. The third-order valence-electron chi connectivity index (χ3n) is 4.55. The number of hydrogen-bond acceptors (Lipinski definition) is 8. The molecule has 0 aromatic rings. The first-order valence-electron chi connectivity index (χ1n) is 10.5. The van der Waals surface area contributed by atoms with Crippen LogP contribution in [0.2, 0.25) is 0 Å². The molecule has 28 heavy (non-hydrogen) atoms. The van der Waals surface area contributed by atoms with Crippen molar-refractivity contribution in [1.29, 1.82) is 0 Å². The molecule has 0 aromatic carbocycles. The number of piperazine rings is 1. The first-order valence-corrected chi connectivity index (χ1v) is 10.5. The average molecular weight is 407 g/mol. The van der Waals surface area contributed by atoms with Gasteiger partial charge in [-0.05, 0) is 41.8 Å². The van der Waals surface area contributed by atoms with Gasteiger partial charge < -0.3 is 30.2 Å². The highest BCUT2D eigenvalue weighted by Gasteiger charge is 2.15. The Labute approximate surface area is 172 Å². The second kappa shape index (κ2) is 15.5. The molecule has 1 saturated heterocycles. The minimum Gasteiger partial charge on any atom is -0.392 e. The fourth-order valence-corrected chi connectivity index (χ4v) is 3.20. The van der Waals surface area contributed by atoms with E-state index in [1.54, 1.807) is 27.7 Å². The molecule has 4 N–H and O–H groups in total. The maximum absolute atomic E-state index is 9.47. The van der Waals surface area contributed by atoms with E-state index in [2.05, 4.69) is 23.9 Å². The van der Waals surface area contributed by atoms with Crippen LogP contribution in [0.15, 0.2) is 0 Å². The monoisotopic (exact) mass is 406 g/mol. The predicted molar refractivity (Wildman–Crippen MR) is 115 cm³/mol. The summed E-state index contributed by atoms with van der Waals surface area (Å²) < 4.78 is 0. The number of likely N-dealkylation sites (N-methyl/N-ethyl adjacent to an activating group) is 2. The Morgan fingerprint density at radius 1 is 0.571 bits per heavy atom. The molecule has 0 aliphatic carbocycles. The highest BCUT2D eigenvalue weighted by molar-refractivity contribution is 4.70. The molecule has 1 rings (SSSR count). The molecule has 0 aromatic heterocycles.